The molecular weight excluding hydrogens is 275 g/mol. The molecule has 0 aliphatic carbocycles. The van der Waals surface area contributed by atoms with E-state index in [1.807, 2.05) is 19.1 Å². The maximum absolute atomic E-state index is 5.95. The number of halogens is 3. The Morgan fingerprint density at radius 1 is 1.31 bits per heavy atom. The number of ether oxygens (including phenoxy) is 1. The lowest BCUT2D eigenvalue weighted by molar-refractivity contribution is 0.345. The Hall–Kier alpha value is 0.0800. The maximum Gasteiger partial charge on any atom is 0.156 e. The molecule has 13 heavy (non-hydrogen) atoms. The van der Waals surface area contributed by atoms with Crippen LogP contribution in [0, 0.1) is 6.92 Å². The Morgan fingerprint density at radius 2 is 1.85 bits per heavy atom. The predicted molar refractivity (Wildman–Crippen MR) is 60.5 cm³/mol. The lowest BCUT2D eigenvalue weighted by Crippen LogP contribution is -1.99. The molecule has 0 saturated carbocycles. The van der Waals surface area contributed by atoms with Crippen molar-refractivity contribution in [2.24, 2.45) is 0 Å². The summed E-state index contributed by atoms with van der Waals surface area (Å²) in [6.07, 6.45) is 0. The highest BCUT2D eigenvalue weighted by atomic mass is 79.9. The van der Waals surface area contributed by atoms with Crippen LogP contribution in [0.3, 0.4) is 0 Å². The van der Waals surface area contributed by atoms with Crippen molar-refractivity contribution in [3.8, 4) is 5.75 Å². The Bertz CT molecular complexity index is 279. The van der Waals surface area contributed by atoms with Crippen LogP contribution < -0.4 is 4.74 Å². The van der Waals surface area contributed by atoms with E-state index in [0.29, 0.717) is 22.4 Å². The van der Waals surface area contributed by atoms with Crippen molar-refractivity contribution in [2.45, 2.75) is 6.92 Å². The van der Waals surface area contributed by atoms with Gasteiger partial charge >= 0.3 is 0 Å². The summed E-state index contributed by atoms with van der Waals surface area (Å²) in [6, 6.07) is 3.66. The van der Waals surface area contributed by atoms with Gasteiger partial charge in [-0.2, -0.15) is 0 Å². The van der Waals surface area contributed by atoms with Crippen LogP contribution in [0.4, 0.5) is 0 Å². The molecule has 72 valence electrons. The lowest BCUT2D eigenvalue weighted by atomic mass is 10.2. The van der Waals surface area contributed by atoms with E-state index in [4.69, 9.17) is 27.9 Å². The molecule has 0 atom stereocenters. The molecule has 0 fully saturated rings. The molecule has 1 aromatic rings. The van der Waals surface area contributed by atoms with Gasteiger partial charge in [-0.3, -0.25) is 0 Å². The number of hydrogen-bond acceptors (Lipinski definition) is 1. The molecule has 0 spiro atoms. The Labute approximate surface area is 96.1 Å². The summed E-state index contributed by atoms with van der Waals surface area (Å²) in [5.41, 5.74) is 1.03. The highest BCUT2D eigenvalue weighted by Gasteiger charge is 2.07. The second-order valence-electron chi connectivity index (χ2n) is 2.60. The summed E-state index contributed by atoms with van der Waals surface area (Å²) in [7, 11) is 0. The first kappa shape index (κ1) is 11.2. The van der Waals surface area contributed by atoms with E-state index in [0.717, 1.165) is 10.9 Å². The van der Waals surface area contributed by atoms with Crippen LogP contribution in [-0.4, -0.2) is 11.9 Å². The van der Waals surface area contributed by atoms with Crippen molar-refractivity contribution in [1.29, 1.82) is 0 Å². The van der Waals surface area contributed by atoms with Crippen LogP contribution in [0.5, 0.6) is 5.75 Å². The number of hydrogen-bond donors (Lipinski definition) is 0. The molecule has 1 rings (SSSR count). The van der Waals surface area contributed by atoms with Crippen molar-refractivity contribution in [3.63, 3.8) is 0 Å². The summed E-state index contributed by atoms with van der Waals surface area (Å²) in [5, 5.41) is 1.88. The zero-order chi connectivity index (χ0) is 9.84. The third kappa shape index (κ3) is 3.04. The first-order valence-electron chi connectivity index (χ1n) is 3.79. The smallest absolute Gasteiger partial charge is 0.156 e. The molecular formula is C9H9BrCl2O. The van der Waals surface area contributed by atoms with E-state index < -0.39 is 0 Å². The van der Waals surface area contributed by atoms with Crippen molar-refractivity contribution in [3.05, 3.63) is 27.7 Å². The van der Waals surface area contributed by atoms with Gasteiger partial charge in [0.15, 0.2) is 5.75 Å². The van der Waals surface area contributed by atoms with Gasteiger partial charge in [-0.05, 0) is 24.6 Å². The van der Waals surface area contributed by atoms with Crippen LogP contribution in [-0.2, 0) is 0 Å². The highest BCUT2D eigenvalue weighted by Crippen LogP contribution is 2.33. The van der Waals surface area contributed by atoms with E-state index in [1.165, 1.54) is 0 Å². The molecule has 0 heterocycles. The van der Waals surface area contributed by atoms with E-state index >= 15 is 0 Å². The van der Waals surface area contributed by atoms with Crippen molar-refractivity contribution < 1.29 is 4.74 Å². The van der Waals surface area contributed by atoms with Crippen LogP contribution >= 0.6 is 39.1 Å². The van der Waals surface area contributed by atoms with Crippen LogP contribution in [0.1, 0.15) is 5.56 Å². The zero-order valence-corrected chi connectivity index (χ0v) is 10.2. The van der Waals surface area contributed by atoms with Crippen LogP contribution in [0.15, 0.2) is 12.1 Å². The molecule has 1 nitrogen and oxygen atoms in total. The van der Waals surface area contributed by atoms with Gasteiger partial charge in [-0.15, -0.1) is 0 Å². The minimum atomic E-state index is 0.558. The number of alkyl halides is 1. The predicted octanol–water partition coefficient (Wildman–Crippen LogP) is 4.08. The minimum absolute atomic E-state index is 0.558. The topological polar surface area (TPSA) is 9.23 Å². The van der Waals surface area contributed by atoms with Gasteiger partial charge in [0.2, 0.25) is 0 Å². The Morgan fingerprint density at radius 3 is 2.31 bits per heavy atom. The van der Waals surface area contributed by atoms with Gasteiger partial charge in [-0.1, -0.05) is 39.1 Å². The van der Waals surface area contributed by atoms with Crippen LogP contribution in [0.2, 0.25) is 10.0 Å². The van der Waals surface area contributed by atoms with E-state index in [1.54, 1.807) is 0 Å². The fourth-order valence-electron chi connectivity index (χ4n) is 0.965. The van der Waals surface area contributed by atoms with Crippen molar-refractivity contribution in [2.75, 3.05) is 11.9 Å². The largest absolute Gasteiger partial charge is 0.490 e. The van der Waals surface area contributed by atoms with Gasteiger partial charge in [-0.25, -0.2) is 0 Å². The summed E-state index contributed by atoms with van der Waals surface area (Å²) in [4.78, 5) is 0. The van der Waals surface area contributed by atoms with E-state index in [9.17, 15) is 0 Å². The quantitative estimate of drug-likeness (QED) is 0.760. The Balaban J connectivity index is 2.92. The zero-order valence-electron chi connectivity index (χ0n) is 7.11. The Kier molecular flexibility index (Phi) is 4.36. The maximum atomic E-state index is 5.95. The van der Waals surface area contributed by atoms with E-state index in [-0.39, 0.29) is 0 Å². The second kappa shape index (κ2) is 5.08. The molecule has 0 radical (unpaired) electrons. The molecule has 0 amide bonds. The summed E-state index contributed by atoms with van der Waals surface area (Å²) < 4.78 is 5.36. The van der Waals surface area contributed by atoms with Gasteiger partial charge in [0.1, 0.15) is 0 Å². The minimum Gasteiger partial charge on any atom is -0.490 e. The monoisotopic (exact) mass is 282 g/mol. The van der Waals surface area contributed by atoms with Gasteiger partial charge in [0.25, 0.3) is 0 Å². The number of aryl methyl sites for hydroxylation is 1. The van der Waals surface area contributed by atoms with Crippen molar-refractivity contribution in [1.82, 2.24) is 0 Å². The average molecular weight is 284 g/mol. The summed E-state index contributed by atoms with van der Waals surface area (Å²) >= 11 is 15.2. The molecule has 1 aromatic carbocycles. The molecule has 0 aromatic heterocycles. The third-order valence-electron chi connectivity index (χ3n) is 1.47. The highest BCUT2D eigenvalue weighted by molar-refractivity contribution is 9.09. The lowest BCUT2D eigenvalue weighted by Gasteiger charge is -2.08. The van der Waals surface area contributed by atoms with Gasteiger partial charge < -0.3 is 4.74 Å². The van der Waals surface area contributed by atoms with E-state index in [2.05, 4.69) is 15.9 Å². The molecule has 0 bridgehead atoms. The second-order valence-corrected chi connectivity index (χ2v) is 4.20. The molecule has 0 N–H and O–H groups in total. The number of benzene rings is 1. The molecule has 4 heteroatoms. The fourth-order valence-corrected chi connectivity index (χ4v) is 1.83. The van der Waals surface area contributed by atoms with Gasteiger partial charge in [0.05, 0.1) is 16.7 Å². The molecule has 0 saturated heterocycles. The van der Waals surface area contributed by atoms with Crippen molar-refractivity contribution >= 4 is 39.1 Å². The molecule has 0 unspecified atom stereocenters. The summed E-state index contributed by atoms with van der Waals surface area (Å²) in [6.45, 7) is 2.49. The fraction of sp³-hybridized carbons (Fsp3) is 0.333. The first-order valence-corrected chi connectivity index (χ1v) is 5.67. The normalized spacial score (nSPS) is 10.2. The SMILES string of the molecule is Cc1cc(Cl)c(OCCBr)c(Cl)c1. The average Bonchev–Trinajstić information content (AvgIpc) is 2.02. The van der Waals surface area contributed by atoms with Gasteiger partial charge in [0, 0.05) is 5.33 Å². The third-order valence-corrected chi connectivity index (χ3v) is 2.35. The first-order chi connectivity index (χ1) is 6.15. The van der Waals surface area contributed by atoms with Crippen LogP contribution in [0.25, 0.3) is 0 Å². The molecule has 0 aliphatic rings. The number of rotatable bonds is 3. The summed E-state index contributed by atoms with van der Waals surface area (Å²) in [5.74, 6) is 0.563. The molecule has 0 aliphatic heterocycles. The standard InChI is InChI=1S/C9H9BrCl2O/c1-6-4-7(11)9(8(12)5-6)13-3-2-10/h4-5H,2-3H2,1H3.